The molecule has 3 heterocycles. The zero-order valence-corrected chi connectivity index (χ0v) is 11.2. The molecule has 0 saturated carbocycles. The third kappa shape index (κ3) is 2.63. The van der Waals surface area contributed by atoms with Gasteiger partial charge in [0.1, 0.15) is 0 Å². The van der Waals surface area contributed by atoms with Crippen LogP contribution in [0.1, 0.15) is 12.6 Å². The molecule has 0 aliphatic carbocycles. The monoisotopic (exact) mass is 264 g/mol. The van der Waals surface area contributed by atoms with Gasteiger partial charge < -0.3 is 9.26 Å². The van der Waals surface area contributed by atoms with Crippen molar-refractivity contribution < 1.29 is 9.26 Å². The number of aromatic nitrogens is 1. The normalized spacial score (nSPS) is 21.3. The van der Waals surface area contributed by atoms with Crippen LogP contribution in [0.15, 0.2) is 28.1 Å². The summed E-state index contributed by atoms with van der Waals surface area (Å²) in [5, 5.41) is 6.18. The Morgan fingerprint density at radius 3 is 3.28 bits per heavy atom. The highest BCUT2D eigenvalue weighted by Gasteiger charge is 2.18. The topological polar surface area (TPSA) is 38.5 Å². The van der Waals surface area contributed by atoms with Crippen molar-refractivity contribution in [1.29, 1.82) is 0 Å². The summed E-state index contributed by atoms with van der Waals surface area (Å²) in [6.07, 6.45) is 0.308. The summed E-state index contributed by atoms with van der Waals surface area (Å²) in [6, 6.07) is 6.10. The van der Waals surface area contributed by atoms with E-state index in [0.717, 1.165) is 42.6 Å². The third-order valence-corrected chi connectivity index (χ3v) is 3.92. The summed E-state index contributed by atoms with van der Waals surface area (Å²) >= 11 is 1.67. The maximum atomic E-state index is 5.53. The maximum Gasteiger partial charge on any atom is 0.177 e. The molecule has 1 saturated heterocycles. The van der Waals surface area contributed by atoms with Gasteiger partial charge >= 0.3 is 0 Å². The van der Waals surface area contributed by atoms with Gasteiger partial charge in [0.05, 0.1) is 23.3 Å². The molecule has 1 aliphatic heterocycles. The minimum Gasteiger partial charge on any atom is -0.376 e. The van der Waals surface area contributed by atoms with Crippen molar-refractivity contribution in [2.75, 3.05) is 19.7 Å². The number of rotatable bonds is 3. The number of morpholine rings is 1. The number of ether oxygens (including phenoxy) is 1. The SMILES string of the molecule is CC1CN(Cc2cc(-c3cccs3)on2)CCO1. The van der Waals surface area contributed by atoms with Crippen molar-refractivity contribution in [3.63, 3.8) is 0 Å². The quantitative estimate of drug-likeness (QED) is 0.854. The fraction of sp³-hybridized carbons (Fsp3) is 0.462. The zero-order chi connectivity index (χ0) is 12.4. The van der Waals surface area contributed by atoms with Gasteiger partial charge in [-0.1, -0.05) is 11.2 Å². The van der Waals surface area contributed by atoms with E-state index in [-0.39, 0.29) is 0 Å². The van der Waals surface area contributed by atoms with Crippen molar-refractivity contribution in [1.82, 2.24) is 10.1 Å². The summed E-state index contributed by atoms with van der Waals surface area (Å²) in [6.45, 7) is 5.66. The molecule has 1 aliphatic rings. The molecule has 5 heteroatoms. The highest BCUT2D eigenvalue weighted by molar-refractivity contribution is 7.13. The molecule has 3 rings (SSSR count). The molecule has 0 bridgehead atoms. The first kappa shape index (κ1) is 11.9. The molecule has 4 nitrogen and oxygen atoms in total. The number of hydrogen-bond acceptors (Lipinski definition) is 5. The van der Waals surface area contributed by atoms with E-state index in [9.17, 15) is 0 Å². The van der Waals surface area contributed by atoms with Gasteiger partial charge in [0.15, 0.2) is 5.76 Å². The molecule has 0 aromatic carbocycles. The van der Waals surface area contributed by atoms with Crippen LogP contribution in [-0.2, 0) is 11.3 Å². The molecule has 1 atom stereocenters. The second kappa shape index (κ2) is 5.22. The van der Waals surface area contributed by atoms with E-state index >= 15 is 0 Å². The van der Waals surface area contributed by atoms with Crippen LogP contribution in [0.4, 0.5) is 0 Å². The largest absolute Gasteiger partial charge is 0.376 e. The van der Waals surface area contributed by atoms with Crippen molar-refractivity contribution in [2.24, 2.45) is 0 Å². The molecule has 0 radical (unpaired) electrons. The average molecular weight is 264 g/mol. The van der Waals surface area contributed by atoms with E-state index in [1.165, 1.54) is 0 Å². The molecule has 2 aromatic rings. The molecule has 18 heavy (non-hydrogen) atoms. The molecule has 0 N–H and O–H groups in total. The molecule has 1 unspecified atom stereocenters. The van der Waals surface area contributed by atoms with Gasteiger partial charge in [0.25, 0.3) is 0 Å². The Bertz CT molecular complexity index is 495. The summed E-state index contributed by atoms with van der Waals surface area (Å²) in [4.78, 5) is 3.48. The Labute approximate surface area is 110 Å². The molecule has 1 fully saturated rings. The minimum atomic E-state index is 0.308. The van der Waals surface area contributed by atoms with E-state index in [0.29, 0.717) is 6.10 Å². The Morgan fingerprint density at radius 2 is 2.50 bits per heavy atom. The standard InChI is InChI=1S/C13H16N2O2S/c1-10-8-15(4-5-16-10)9-11-7-12(17-14-11)13-3-2-6-18-13/h2-3,6-7,10H,4-5,8-9H2,1H3. The smallest absolute Gasteiger partial charge is 0.177 e. The highest BCUT2D eigenvalue weighted by atomic mass is 32.1. The van der Waals surface area contributed by atoms with Crippen LogP contribution >= 0.6 is 11.3 Å². The fourth-order valence-electron chi connectivity index (χ4n) is 2.18. The Hall–Kier alpha value is -1.17. The van der Waals surface area contributed by atoms with Gasteiger partial charge in [-0.3, -0.25) is 4.90 Å². The zero-order valence-electron chi connectivity index (χ0n) is 10.3. The lowest BCUT2D eigenvalue weighted by molar-refractivity contribution is -0.0218. The van der Waals surface area contributed by atoms with Crippen LogP contribution < -0.4 is 0 Å². The lowest BCUT2D eigenvalue weighted by Crippen LogP contribution is -2.40. The molecule has 0 amide bonds. The summed E-state index contributed by atoms with van der Waals surface area (Å²) in [7, 11) is 0. The van der Waals surface area contributed by atoms with Crippen molar-refractivity contribution in [2.45, 2.75) is 19.6 Å². The third-order valence-electron chi connectivity index (χ3n) is 3.03. The van der Waals surface area contributed by atoms with Crippen molar-refractivity contribution in [3.8, 4) is 10.6 Å². The number of thiophene rings is 1. The van der Waals surface area contributed by atoms with E-state index in [1.807, 2.05) is 23.6 Å². The Morgan fingerprint density at radius 1 is 1.56 bits per heavy atom. The molecular formula is C13H16N2O2S. The van der Waals surface area contributed by atoms with Crippen LogP contribution in [0, 0.1) is 0 Å². The molecule has 0 spiro atoms. The first-order chi connectivity index (χ1) is 8.81. The summed E-state index contributed by atoms with van der Waals surface area (Å²) in [5.74, 6) is 0.862. The first-order valence-electron chi connectivity index (χ1n) is 6.15. The van der Waals surface area contributed by atoms with Crippen LogP contribution in [0.25, 0.3) is 10.6 Å². The van der Waals surface area contributed by atoms with E-state index in [1.54, 1.807) is 11.3 Å². The van der Waals surface area contributed by atoms with Crippen LogP contribution in [0.5, 0.6) is 0 Å². The molecular weight excluding hydrogens is 248 g/mol. The van der Waals surface area contributed by atoms with Crippen molar-refractivity contribution >= 4 is 11.3 Å². The van der Waals surface area contributed by atoms with Crippen LogP contribution in [0.3, 0.4) is 0 Å². The Balaban J connectivity index is 1.66. The van der Waals surface area contributed by atoms with E-state index < -0.39 is 0 Å². The number of nitrogens with zero attached hydrogens (tertiary/aromatic N) is 2. The van der Waals surface area contributed by atoms with Crippen LogP contribution in [0.2, 0.25) is 0 Å². The predicted molar refractivity (Wildman–Crippen MR) is 70.5 cm³/mol. The van der Waals surface area contributed by atoms with E-state index in [2.05, 4.69) is 17.0 Å². The molecule has 96 valence electrons. The van der Waals surface area contributed by atoms with Crippen molar-refractivity contribution in [3.05, 3.63) is 29.3 Å². The highest BCUT2D eigenvalue weighted by Crippen LogP contribution is 2.25. The van der Waals surface area contributed by atoms with Gasteiger partial charge in [0.2, 0.25) is 0 Å². The van der Waals surface area contributed by atoms with Gasteiger partial charge in [-0.15, -0.1) is 11.3 Å². The lowest BCUT2D eigenvalue weighted by Gasteiger charge is -2.30. The van der Waals surface area contributed by atoms with Crippen LogP contribution in [-0.4, -0.2) is 35.9 Å². The lowest BCUT2D eigenvalue weighted by atomic mass is 10.2. The van der Waals surface area contributed by atoms with Gasteiger partial charge in [-0.25, -0.2) is 0 Å². The maximum absolute atomic E-state index is 5.53. The van der Waals surface area contributed by atoms with Gasteiger partial charge in [0, 0.05) is 25.7 Å². The Kier molecular flexibility index (Phi) is 3.45. The van der Waals surface area contributed by atoms with E-state index in [4.69, 9.17) is 9.26 Å². The second-order valence-electron chi connectivity index (χ2n) is 4.58. The first-order valence-corrected chi connectivity index (χ1v) is 7.02. The van der Waals surface area contributed by atoms with Gasteiger partial charge in [-0.05, 0) is 18.4 Å². The molecule has 2 aromatic heterocycles. The fourth-order valence-corrected chi connectivity index (χ4v) is 2.86. The average Bonchev–Trinajstić information content (AvgIpc) is 2.98. The predicted octanol–water partition coefficient (Wildman–Crippen LogP) is 2.62. The van der Waals surface area contributed by atoms with Gasteiger partial charge in [-0.2, -0.15) is 0 Å². The summed E-state index contributed by atoms with van der Waals surface area (Å²) < 4.78 is 10.9. The second-order valence-corrected chi connectivity index (χ2v) is 5.52. The minimum absolute atomic E-state index is 0.308. The number of hydrogen-bond donors (Lipinski definition) is 0. The summed E-state index contributed by atoms with van der Waals surface area (Å²) in [5.41, 5.74) is 0.993.